The maximum Gasteiger partial charge on any atom is 0.245 e. The van der Waals surface area contributed by atoms with Crippen molar-refractivity contribution in [1.82, 2.24) is 20.4 Å². The number of piperidine rings is 1. The topological polar surface area (TPSA) is 84.9 Å². The number of nitrogens with zero attached hydrogens (tertiary/aromatic N) is 2. The van der Waals surface area contributed by atoms with Gasteiger partial charge in [0.05, 0.1) is 0 Å². The normalized spacial score (nSPS) is 25.9. The van der Waals surface area contributed by atoms with Crippen LogP contribution in [0.3, 0.4) is 0 Å². The Morgan fingerprint density at radius 2 is 1.88 bits per heavy atom. The summed E-state index contributed by atoms with van der Waals surface area (Å²) in [5.41, 5.74) is 2.61. The molecule has 0 spiro atoms. The average Bonchev–Trinajstić information content (AvgIpc) is 3.50. The van der Waals surface area contributed by atoms with E-state index in [1.807, 2.05) is 63.1 Å². The lowest BCUT2D eigenvalue weighted by Gasteiger charge is -2.42. The van der Waals surface area contributed by atoms with Gasteiger partial charge in [-0.1, -0.05) is 43.5 Å². The van der Waals surface area contributed by atoms with E-state index in [0.29, 0.717) is 43.4 Å². The summed E-state index contributed by atoms with van der Waals surface area (Å²) in [6, 6.07) is 7.20. The molecular weight excluding hydrogens is 524 g/mol. The highest BCUT2D eigenvalue weighted by Gasteiger charge is 2.46. The number of rotatable bonds is 8. The monoisotopic (exact) mass is 566 g/mol. The van der Waals surface area contributed by atoms with Crippen LogP contribution in [0, 0.1) is 23.7 Å². The van der Waals surface area contributed by atoms with Crippen LogP contribution in [0.15, 0.2) is 47.7 Å². The number of hydrogen-bond acceptors (Lipinski definition) is 5. The van der Waals surface area contributed by atoms with Gasteiger partial charge < -0.3 is 25.5 Å². The number of allylic oxidation sites excluding steroid dienone is 2. The highest BCUT2D eigenvalue weighted by molar-refractivity contribution is 6.30. The molecule has 3 N–H and O–H groups in total. The summed E-state index contributed by atoms with van der Waals surface area (Å²) in [6.45, 7) is 7.24. The third-order valence-electron chi connectivity index (χ3n) is 9.22. The van der Waals surface area contributed by atoms with Crippen LogP contribution in [0.25, 0.3) is 0 Å². The first-order valence-corrected chi connectivity index (χ1v) is 14.8. The van der Waals surface area contributed by atoms with Gasteiger partial charge in [0.2, 0.25) is 11.8 Å². The van der Waals surface area contributed by atoms with Crippen molar-refractivity contribution in [3.63, 3.8) is 0 Å². The summed E-state index contributed by atoms with van der Waals surface area (Å²) in [5, 5.41) is 18.3. The number of carbonyl (C=O) groups excluding carboxylic acids is 2. The van der Waals surface area contributed by atoms with Gasteiger partial charge in [0, 0.05) is 53.6 Å². The lowest BCUT2D eigenvalue weighted by Crippen LogP contribution is -2.55. The van der Waals surface area contributed by atoms with Gasteiger partial charge in [-0.3, -0.25) is 9.59 Å². The maximum atomic E-state index is 13.9. The summed E-state index contributed by atoms with van der Waals surface area (Å²) in [5.74, 6) is 2.36. The number of benzene rings is 1. The van der Waals surface area contributed by atoms with Crippen LogP contribution in [0.5, 0.6) is 0 Å². The van der Waals surface area contributed by atoms with E-state index in [2.05, 4.69) is 21.5 Å². The number of aliphatic hydroxyl groups excluding tert-OH is 1. The van der Waals surface area contributed by atoms with Gasteiger partial charge in [0.25, 0.3) is 0 Å². The second-order valence-corrected chi connectivity index (χ2v) is 12.4. The van der Waals surface area contributed by atoms with Crippen molar-refractivity contribution in [2.45, 2.75) is 83.6 Å². The third kappa shape index (κ3) is 6.40. The van der Waals surface area contributed by atoms with Crippen molar-refractivity contribution < 1.29 is 14.7 Å². The van der Waals surface area contributed by atoms with Gasteiger partial charge in [-0.05, 0) is 81.5 Å². The molecular formula is C32H43ClN4O3. The molecule has 1 aliphatic carbocycles. The fourth-order valence-corrected chi connectivity index (χ4v) is 6.47. The minimum absolute atomic E-state index is 0.0482. The van der Waals surface area contributed by atoms with Crippen LogP contribution in [-0.4, -0.2) is 71.2 Å². The molecule has 7 nitrogen and oxygen atoms in total. The Bertz CT molecular complexity index is 1180. The molecule has 40 heavy (non-hydrogen) atoms. The molecule has 216 valence electrons. The van der Waals surface area contributed by atoms with Gasteiger partial charge in [0.15, 0.2) is 0 Å². The quantitative estimate of drug-likeness (QED) is 0.416. The van der Waals surface area contributed by atoms with Gasteiger partial charge in [-0.2, -0.15) is 0 Å². The lowest BCUT2D eigenvalue weighted by atomic mass is 9.85. The molecule has 0 aromatic heterocycles. The van der Waals surface area contributed by atoms with E-state index in [1.165, 1.54) is 0 Å². The van der Waals surface area contributed by atoms with Crippen molar-refractivity contribution in [2.24, 2.45) is 11.3 Å². The number of likely N-dealkylation sites (tertiary alicyclic amines) is 1. The fourth-order valence-electron chi connectivity index (χ4n) is 6.34. The molecule has 1 saturated heterocycles. The molecule has 0 bridgehead atoms. The molecule has 0 radical (unpaired) electrons. The van der Waals surface area contributed by atoms with Crippen molar-refractivity contribution >= 4 is 23.4 Å². The third-order valence-corrected chi connectivity index (χ3v) is 9.48. The molecule has 1 saturated carbocycles. The van der Waals surface area contributed by atoms with E-state index in [1.54, 1.807) is 6.08 Å². The van der Waals surface area contributed by atoms with Crippen molar-refractivity contribution in [2.75, 3.05) is 20.1 Å². The molecule has 2 heterocycles. The highest BCUT2D eigenvalue weighted by Crippen LogP contribution is 2.45. The first kappa shape index (κ1) is 30.2. The zero-order chi connectivity index (χ0) is 29.0. The number of halogens is 1. The molecule has 2 aliphatic heterocycles. The van der Waals surface area contributed by atoms with Gasteiger partial charge >= 0.3 is 0 Å². The van der Waals surface area contributed by atoms with Crippen LogP contribution in [0.1, 0.15) is 58.4 Å². The van der Waals surface area contributed by atoms with Crippen LogP contribution < -0.4 is 10.6 Å². The number of terminal acetylenes is 1. The lowest BCUT2D eigenvalue weighted by molar-refractivity contribution is -0.139. The minimum Gasteiger partial charge on any atom is -0.373 e. The minimum atomic E-state index is -0.665. The Morgan fingerprint density at radius 1 is 1.20 bits per heavy atom. The van der Waals surface area contributed by atoms with E-state index in [0.717, 1.165) is 36.1 Å². The van der Waals surface area contributed by atoms with Gasteiger partial charge in [-0.25, -0.2) is 0 Å². The highest BCUT2D eigenvalue weighted by atomic mass is 35.5. The van der Waals surface area contributed by atoms with E-state index < -0.39 is 17.7 Å². The molecule has 4 atom stereocenters. The summed E-state index contributed by atoms with van der Waals surface area (Å²) in [4.78, 5) is 31.0. The Kier molecular flexibility index (Phi) is 9.66. The first-order valence-electron chi connectivity index (χ1n) is 14.4. The molecule has 1 aromatic rings. The Balaban J connectivity index is 1.46. The van der Waals surface area contributed by atoms with Crippen LogP contribution in [0.2, 0.25) is 5.02 Å². The van der Waals surface area contributed by atoms with Crippen molar-refractivity contribution in [1.29, 1.82) is 0 Å². The smallest absolute Gasteiger partial charge is 0.245 e. The first-order chi connectivity index (χ1) is 19.1. The Hall–Kier alpha value is -2.79. The SMILES string of the molecule is C#C/C=C\C1=C(C)C(C)(C)C(O)N1C1CCN(C(=O)[C@H](Cc2ccc(Cl)cc2)NC(=O)[C@H]2CCC(NC)C2)CC1. The van der Waals surface area contributed by atoms with E-state index in [-0.39, 0.29) is 23.8 Å². The maximum absolute atomic E-state index is 13.9. The predicted molar refractivity (Wildman–Crippen MR) is 159 cm³/mol. The molecule has 2 unspecified atom stereocenters. The van der Waals surface area contributed by atoms with Crippen molar-refractivity contribution in [3.05, 3.63) is 58.3 Å². The molecule has 4 rings (SSSR count). The van der Waals surface area contributed by atoms with E-state index >= 15 is 0 Å². The second kappa shape index (κ2) is 12.8. The Labute approximate surface area is 244 Å². The molecule has 2 amide bonds. The van der Waals surface area contributed by atoms with E-state index in [4.69, 9.17) is 18.0 Å². The molecule has 2 fully saturated rings. The van der Waals surface area contributed by atoms with Crippen LogP contribution >= 0.6 is 11.6 Å². The number of carbonyl (C=O) groups is 2. The standard InChI is InChI=1S/C32H43ClN4O3/c1-6-7-8-28-21(2)32(3,4)31(40)37(28)26-15-17-36(18-16-26)30(39)27(19-22-9-12-24(33)13-10-22)35-29(38)23-11-14-25(20-23)34-5/h1,7-10,12-13,23,25-27,31,34,40H,11,14-20H2,2-5H3,(H,35,38)/b8-7-/t23-,25?,27-,31?/m0/s1. The Morgan fingerprint density at radius 3 is 2.48 bits per heavy atom. The predicted octanol–water partition coefficient (Wildman–Crippen LogP) is 3.87. The number of aliphatic hydroxyl groups is 1. The van der Waals surface area contributed by atoms with Gasteiger partial charge in [0.1, 0.15) is 12.3 Å². The van der Waals surface area contributed by atoms with Crippen molar-refractivity contribution in [3.8, 4) is 12.3 Å². The summed E-state index contributed by atoms with van der Waals surface area (Å²) in [7, 11) is 1.93. The molecule has 8 heteroatoms. The number of amides is 2. The number of hydrogen-bond donors (Lipinski definition) is 3. The number of nitrogens with one attached hydrogen (secondary N) is 2. The zero-order valence-corrected chi connectivity index (χ0v) is 24.9. The van der Waals surface area contributed by atoms with Crippen LogP contribution in [0.4, 0.5) is 0 Å². The second-order valence-electron chi connectivity index (χ2n) is 12.0. The van der Waals surface area contributed by atoms with Crippen LogP contribution in [-0.2, 0) is 16.0 Å². The summed E-state index contributed by atoms with van der Waals surface area (Å²) >= 11 is 6.08. The fraction of sp³-hybridized carbons (Fsp3) is 0.562. The largest absolute Gasteiger partial charge is 0.373 e. The average molecular weight is 567 g/mol. The van der Waals surface area contributed by atoms with E-state index in [9.17, 15) is 14.7 Å². The molecule has 3 aliphatic rings. The summed E-state index contributed by atoms with van der Waals surface area (Å²) < 4.78 is 0. The molecule has 1 aromatic carbocycles. The zero-order valence-electron chi connectivity index (χ0n) is 24.1. The van der Waals surface area contributed by atoms with Gasteiger partial charge in [-0.15, -0.1) is 6.42 Å². The summed E-state index contributed by atoms with van der Waals surface area (Å²) in [6.07, 6.45) is 12.8.